The minimum atomic E-state index is -0.157. The number of likely N-dealkylation sites (tertiary alicyclic amines) is 1. The maximum Gasteiger partial charge on any atom is 0.273 e. The van der Waals surface area contributed by atoms with E-state index in [0.29, 0.717) is 11.5 Å². The lowest BCUT2D eigenvalue weighted by molar-refractivity contribution is 0.0908. The van der Waals surface area contributed by atoms with Crippen LogP contribution in [0.1, 0.15) is 23.3 Å². The Morgan fingerprint density at radius 1 is 1.29 bits per heavy atom. The molecule has 1 aromatic carbocycles. The number of hydrogen-bond donors (Lipinski definition) is 1. The van der Waals surface area contributed by atoms with E-state index in [-0.39, 0.29) is 11.9 Å². The van der Waals surface area contributed by atoms with Crippen molar-refractivity contribution in [1.29, 1.82) is 0 Å². The lowest BCUT2D eigenvalue weighted by Crippen LogP contribution is -2.43. The SMILES string of the molecule is CN1CCC(NC(=O)c2cc(-c3ccccc3)on2)CC1. The molecular weight excluding hydrogens is 266 g/mol. The number of benzene rings is 1. The molecule has 0 radical (unpaired) electrons. The second-order valence-electron chi connectivity index (χ2n) is 5.49. The average Bonchev–Trinajstić information content (AvgIpc) is 3.00. The summed E-state index contributed by atoms with van der Waals surface area (Å²) in [5.74, 6) is 0.458. The molecule has 1 aromatic heterocycles. The van der Waals surface area contributed by atoms with Gasteiger partial charge in [0, 0.05) is 17.7 Å². The molecule has 1 aliphatic heterocycles. The summed E-state index contributed by atoms with van der Waals surface area (Å²) in [4.78, 5) is 14.5. The number of hydrogen-bond acceptors (Lipinski definition) is 4. The molecule has 2 heterocycles. The van der Waals surface area contributed by atoms with Crippen molar-refractivity contribution >= 4 is 5.91 Å². The number of rotatable bonds is 3. The lowest BCUT2D eigenvalue weighted by Gasteiger charge is -2.29. The van der Waals surface area contributed by atoms with Gasteiger partial charge in [-0.05, 0) is 33.0 Å². The van der Waals surface area contributed by atoms with Gasteiger partial charge in [0.2, 0.25) is 0 Å². The van der Waals surface area contributed by atoms with Crippen molar-refractivity contribution in [1.82, 2.24) is 15.4 Å². The number of amides is 1. The normalized spacial score (nSPS) is 16.8. The Morgan fingerprint density at radius 3 is 2.71 bits per heavy atom. The Morgan fingerprint density at radius 2 is 2.00 bits per heavy atom. The van der Waals surface area contributed by atoms with Crippen LogP contribution in [-0.2, 0) is 0 Å². The highest BCUT2D eigenvalue weighted by Gasteiger charge is 2.21. The fraction of sp³-hybridized carbons (Fsp3) is 0.375. The Kier molecular flexibility index (Phi) is 4.01. The zero-order valence-corrected chi connectivity index (χ0v) is 12.1. The molecule has 0 saturated carbocycles. The van der Waals surface area contributed by atoms with Crippen molar-refractivity contribution in [3.63, 3.8) is 0 Å². The third-order valence-electron chi connectivity index (χ3n) is 3.85. The fourth-order valence-electron chi connectivity index (χ4n) is 2.53. The highest BCUT2D eigenvalue weighted by Crippen LogP contribution is 2.20. The number of aromatic nitrogens is 1. The van der Waals surface area contributed by atoms with Crippen LogP contribution in [0, 0.1) is 0 Å². The van der Waals surface area contributed by atoms with Crippen LogP contribution in [-0.4, -0.2) is 42.1 Å². The Balaban J connectivity index is 1.64. The van der Waals surface area contributed by atoms with E-state index >= 15 is 0 Å². The minimum Gasteiger partial charge on any atom is -0.355 e. The van der Waals surface area contributed by atoms with E-state index in [4.69, 9.17) is 4.52 Å². The molecule has 3 rings (SSSR count). The van der Waals surface area contributed by atoms with Crippen LogP contribution in [0.2, 0.25) is 0 Å². The summed E-state index contributed by atoms with van der Waals surface area (Å²) >= 11 is 0. The van der Waals surface area contributed by atoms with Gasteiger partial charge in [-0.1, -0.05) is 35.5 Å². The van der Waals surface area contributed by atoms with Crippen LogP contribution in [0.25, 0.3) is 11.3 Å². The zero-order valence-electron chi connectivity index (χ0n) is 12.1. The molecule has 1 fully saturated rings. The molecular formula is C16H19N3O2. The van der Waals surface area contributed by atoms with Gasteiger partial charge >= 0.3 is 0 Å². The van der Waals surface area contributed by atoms with Crippen LogP contribution < -0.4 is 5.32 Å². The molecule has 0 aliphatic carbocycles. The summed E-state index contributed by atoms with van der Waals surface area (Å²) in [5.41, 5.74) is 1.26. The maximum atomic E-state index is 12.2. The predicted octanol–water partition coefficient (Wildman–Crippen LogP) is 2.17. The average molecular weight is 285 g/mol. The molecule has 1 aliphatic rings. The molecule has 1 N–H and O–H groups in total. The third kappa shape index (κ3) is 3.31. The second-order valence-corrected chi connectivity index (χ2v) is 5.49. The first-order chi connectivity index (χ1) is 10.2. The third-order valence-corrected chi connectivity index (χ3v) is 3.85. The molecule has 0 spiro atoms. The van der Waals surface area contributed by atoms with Gasteiger partial charge < -0.3 is 14.7 Å². The number of carbonyl (C=O) groups is 1. The summed E-state index contributed by atoms with van der Waals surface area (Å²) in [6.07, 6.45) is 1.96. The first-order valence-corrected chi connectivity index (χ1v) is 7.24. The smallest absolute Gasteiger partial charge is 0.273 e. The highest BCUT2D eigenvalue weighted by atomic mass is 16.5. The first kappa shape index (κ1) is 13.8. The van der Waals surface area contributed by atoms with Crippen molar-refractivity contribution < 1.29 is 9.32 Å². The van der Waals surface area contributed by atoms with Gasteiger partial charge in [0.15, 0.2) is 11.5 Å². The van der Waals surface area contributed by atoms with E-state index in [1.807, 2.05) is 30.3 Å². The summed E-state index contributed by atoms with van der Waals surface area (Å²) in [5, 5.41) is 6.91. The van der Waals surface area contributed by atoms with Gasteiger partial charge in [-0.3, -0.25) is 4.79 Å². The predicted molar refractivity (Wildman–Crippen MR) is 79.9 cm³/mol. The van der Waals surface area contributed by atoms with Gasteiger partial charge in [-0.25, -0.2) is 0 Å². The van der Waals surface area contributed by atoms with E-state index in [1.54, 1.807) is 6.07 Å². The number of nitrogens with zero attached hydrogens (tertiary/aromatic N) is 2. The van der Waals surface area contributed by atoms with Gasteiger partial charge in [-0.2, -0.15) is 0 Å². The molecule has 5 heteroatoms. The summed E-state index contributed by atoms with van der Waals surface area (Å²) < 4.78 is 5.26. The summed E-state index contributed by atoms with van der Waals surface area (Å²) in [6.45, 7) is 2.03. The van der Waals surface area contributed by atoms with E-state index in [0.717, 1.165) is 31.5 Å². The molecule has 1 amide bonds. The van der Waals surface area contributed by atoms with Crippen molar-refractivity contribution in [3.05, 3.63) is 42.1 Å². The van der Waals surface area contributed by atoms with Crippen LogP contribution >= 0.6 is 0 Å². The summed E-state index contributed by atoms with van der Waals surface area (Å²) in [7, 11) is 2.10. The Bertz CT molecular complexity index is 601. The van der Waals surface area contributed by atoms with E-state index in [2.05, 4.69) is 22.4 Å². The van der Waals surface area contributed by atoms with Gasteiger partial charge in [0.1, 0.15) is 0 Å². The first-order valence-electron chi connectivity index (χ1n) is 7.24. The number of nitrogens with one attached hydrogen (secondary N) is 1. The van der Waals surface area contributed by atoms with E-state index < -0.39 is 0 Å². The second kappa shape index (κ2) is 6.10. The summed E-state index contributed by atoms with van der Waals surface area (Å²) in [6, 6.07) is 11.6. The Labute approximate surface area is 123 Å². The van der Waals surface area contributed by atoms with Crippen LogP contribution in [0.3, 0.4) is 0 Å². The molecule has 1 saturated heterocycles. The molecule has 0 bridgehead atoms. The lowest BCUT2D eigenvalue weighted by atomic mass is 10.1. The van der Waals surface area contributed by atoms with Crippen LogP contribution in [0.4, 0.5) is 0 Å². The van der Waals surface area contributed by atoms with E-state index in [1.165, 1.54) is 0 Å². The zero-order chi connectivity index (χ0) is 14.7. The van der Waals surface area contributed by atoms with Gasteiger partial charge in [-0.15, -0.1) is 0 Å². The van der Waals surface area contributed by atoms with Gasteiger partial charge in [0.25, 0.3) is 5.91 Å². The molecule has 2 aromatic rings. The molecule has 0 atom stereocenters. The van der Waals surface area contributed by atoms with E-state index in [9.17, 15) is 4.79 Å². The van der Waals surface area contributed by atoms with Crippen molar-refractivity contribution in [2.45, 2.75) is 18.9 Å². The molecule has 21 heavy (non-hydrogen) atoms. The highest BCUT2D eigenvalue weighted by molar-refractivity contribution is 5.93. The maximum absolute atomic E-state index is 12.2. The standard InChI is InChI=1S/C16H19N3O2/c1-19-9-7-13(8-10-19)17-16(20)14-11-15(21-18-14)12-5-3-2-4-6-12/h2-6,11,13H,7-10H2,1H3,(H,17,20). The monoisotopic (exact) mass is 285 g/mol. The minimum absolute atomic E-state index is 0.157. The van der Waals surface area contributed by atoms with Crippen molar-refractivity contribution in [3.8, 4) is 11.3 Å². The largest absolute Gasteiger partial charge is 0.355 e. The van der Waals surface area contributed by atoms with Crippen LogP contribution in [0.15, 0.2) is 40.9 Å². The Hall–Kier alpha value is -2.14. The topological polar surface area (TPSA) is 58.4 Å². The van der Waals surface area contributed by atoms with Crippen molar-refractivity contribution in [2.75, 3.05) is 20.1 Å². The number of piperidine rings is 1. The fourth-order valence-corrected chi connectivity index (χ4v) is 2.53. The molecule has 0 unspecified atom stereocenters. The quantitative estimate of drug-likeness (QED) is 0.939. The molecule has 5 nitrogen and oxygen atoms in total. The van der Waals surface area contributed by atoms with Gasteiger partial charge in [0.05, 0.1) is 0 Å². The molecule has 110 valence electrons. The number of carbonyl (C=O) groups excluding carboxylic acids is 1. The van der Waals surface area contributed by atoms with Crippen molar-refractivity contribution in [2.24, 2.45) is 0 Å². The van der Waals surface area contributed by atoms with Crippen LogP contribution in [0.5, 0.6) is 0 Å².